The number of hydrogen-bond donors (Lipinski definition) is 2. The summed E-state index contributed by atoms with van der Waals surface area (Å²) >= 11 is 0. The number of carboxylic acids is 1. The molecular weight excluding hydrogens is 208 g/mol. The monoisotopic (exact) mass is 224 g/mol. The Morgan fingerprint density at radius 1 is 1.69 bits per heavy atom. The van der Waals surface area contributed by atoms with Gasteiger partial charge in [-0.1, -0.05) is 5.57 Å². The maximum Gasteiger partial charge on any atom is 0.328 e. The average Bonchev–Trinajstić information content (AvgIpc) is 2.58. The third-order valence-corrected chi connectivity index (χ3v) is 2.10. The van der Waals surface area contributed by atoms with Crippen molar-refractivity contribution in [2.45, 2.75) is 13.3 Å². The first kappa shape index (κ1) is 12.4. The van der Waals surface area contributed by atoms with Gasteiger partial charge in [0.25, 0.3) is 0 Å². The molecule has 1 rings (SSSR count). The van der Waals surface area contributed by atoms with Crippen molar-refractivity contribution in [3.63, 3.8) is 0 Å². The zero-order valence-electron chi connectivity index (χ0n) is 9.47. The van der Waals surface area contributed by atoms with Crippen molar-refractivity contribution in [3.05, 3.63) is 23.8 Å². The van der Waals surface area contributed by atoms with Crippen LogP contribution in [0.2, 0.25) is 0 Å². The van der Waals surface area contributed by atoms with E-state index in [4.69, 9.17) is 5.11 Å². The molecule has 0 saturated heterocycles. The fraction of sp³-hybridized carbons (Fsp3) is 0.500. The molecule has 1 aromatic rings. The smallest absolute Gasteiger partial charge is 0.328 e. The lowest BCUT2D eigenvalue weighted by Gasteiger charge is -2.04. The van der Waals surface area contributed by atoms with Crippen LogP contribution in [-0.2, 0) is 18.3 Å². The van der Waals surface area contributed by atoms with Gasteiger partial charge in [-0.15, -0.1) is 10.2 Å². The molecule has 0 atom stereocenters. The minimum absolute atomic E-state index is 0.574. The van der Waals surface area contributed by atoms with Crippen molar-refractivity contribution in [1.29, 1.82) is 0 Å². The summed E-state index contributed by atoms with van der Waals surface area (Å²) in [5.74, 6) is -0.0000292. The number of carboxylic acid groups (broad SMARTS) is 1. The van der Waals surface area contributed by atoms with Gasteiger partial charge in [0, 0.05) is 32.6 Å². The highest BCUT2D eigenvalue weighted by molar-refractivity contribution is 5.80. The molecule has 0 saturated carbocycles. The highest BCUT2D eigenvalue weighted by Gasteiger charge is 1.99. The molecular formula is C10H16N4O2. The normalized spacial score (nSPS) is 11.8. The van der Waals surface area contributed by atoms with Gasteiger partial charge in [-0.3, -0.25) is 0 Å². The van der Waals surface area contributed by atoms with Crippen LogP contribution < -0.4 is 5.32 Å². The van der Waals surface area contributed by atoms with Crippen LogP contribution in [0.5, 0.6) is 0 Å². The number of aromatic nitrogens is 3. The summed E-state index contributed by atoms with van der Waals surface area (Å²) in [5.41, 5.74) is 0.797. The van der Waals surface area contributed by atoms with Crippen LogP contribution in [0.25, 0.3) is 0 Å². The number of hydrogen-bond acceptors (Lipinski definition) is 4. The number of aryl methyl sites for hydroxylation is 1. The Labute approximate surface area is 94.0 Å². The second kappa shape index (κ2) is 6.02. The first-order chi connectivity index (χ1) is 7.59. The van der Waals surface area contributed by atoms with E-state index in [9.17, 15) is 4.79 Å². The van der Waals surface area contributed by atoms with Crippen LogP contribution >= 0.6 is 0 Å². The molecule has 0 bridgehead atoms. The van der Waals surface area contributed by atoms with Gasteiger partial charge >= 0.3 is 5.97 Å². The maximum absolute atomic E-state index is 10.3. The second-order valence-corrected chi connectivity index (χ2v) is 3.61. The zero-order valence-corrected chi connectivity index (χ0v) is 9.47. The van der Waals surface area contributed by atoms with E-state index in [0.717, 1.165) is 24.4 Å². The molecule has 0 amide bonds. The van der Waals surface area contributed by atoms with Gasteiger partial charge in [0.15, 0.2) is 0 Å². The van der Waals surface area contributed by atoms with E-state index in [2.05, 4.69) is 15.5 Å². The zero-order chi connectivity index (χ0) is 12.0. The molecule has 6 heteroatoms. The highest BCUT2D eigenvalue weighted by atomic mass is 16.4. The van der Waals surface area contributed by atoms with Gasteiger partial charge in [0.2, 0.25) is 0 Å². The van der Waals surface area contributed by atoms with Gasteiger partial charge in [-0.25, -0.2) is 4.79 Å². The highest BCUT2D eigenvalue weighted by Crippen LogP contribution is 1.93. The minimum atomic E-state index is -0.910. The van der Waals surface area contributed by atoms with Crippen molar-refractivity contribution in [2.75, 3.05) is 13.1 Å². The molecule has 0 aliphatic rings. The van der Waals surface area contributed by atoms with Crippen LogP contribution in [0.1, 0.15) is 12.7 Å². The molecule has 0 unspecified atom stereocenters. The van der Waals surface area contributed by atoms with Gasteiger partial charge in [-0.2, -0.15) is 0 Å². The molecule has 0 spiro atoms. The Balaban J connectivity index is 2.22. The van der Waals surface area contributed by atoms with E-state index in [1.165, 1.54) is 6.08 Å². The summed E-state index contributed by atoms with van der Waals surface area (Å²) in [7, 11) is 1.89. The molecule has 16 heavy (non-hydrogen) atoms. The largest absolute Gasteiger partial charge is 0.478 e. The molecule has 1 aromatic heterocycles. The van der Waals surface area contributed by atoms with Crippen molar-refractivity contribution in [2.24, 2.45) is 7.05 Å². The van der Waals surface area contributed by atoms with Crippen LogP contribution in [0.4, 0.5) is 0 Å². The molecule has 0 fully saturated rings. The molecule has 0 radical (unpaired) electrons. The molecule has 6 nitrogen and oxygen atoms in total. The van der Waals surface area contributed by atoms with E-state index in [-0.39, 0.29) is 0 Å². The Morgan fingerprint density at radius 2 is 2.44 bits per heavy atom. The lowest BCUT2D eigenvalue weighted by molar-refractivity contribution is -0.131. The summed E-state index contributed by atoms with van der Waals surface area (Å²) in [6, 6.07) is 0. The Bertz CT molecular complexity index is 384. The Hall–Kier alpha value is -1.69. The quantitative estimate of drug-likeness (QED) is 0.524. The predicted molar refractivity (Wildman–Crippen MR) is 59.0 cm³/mol. The number of nitrogens with one attached hydrogen (secondary N) is 1. The van der Waals surface area contributed by atoms with E-state index in [0.29, 0.717) is 6.54 Å². The lowest BCUT2D eigenvalue weighted by atomic mass is 10.3. The molecule has 0 aromatic carbocycles. The van der Waals surface area contributed by atoms with Gasteiger partial charge in [0.05, 0.1) is 0 Å². The maximum atomic E-state index is 10.3. The van der Waals surface area contributed by atoms with E-state index in [1.54, 1.807) is 13.3 Å². The molecule has 0 aliphatic carbocycles. The van der Waals surface area contributed by atoms with Crippen LogP contribution in [0.3, 0.4) is 0 Å². The van der Waals surface area contributed by atoms with Crippen molar-refractivity contribution < 1.29 is 9.90 Å². The third kappa shape index (κ3) is 4.22. The van der Waals surface area contributed by atoms with E-state index >= 15 is 0 Å². The van der Waals surface area contributed by atoms with Crippen molar-refractivity contribution >= 4 is 5.97 Å². The molecule has 88 valence electrons. The SMILES string of the molecule is CC(=CC(=O)O)CNCCc1nncn1C. The summed E-state index contributed by atoms with van der Waals surface area (Å²) < 4.78 is 1.86. The van der Waals surface area contributed by atoms with Gasteiger partial charge in [0.1, 0.15) is 12.2 Å². The fourth-order valence-corrected chi connectivity index (χ4v) is 1.28. The Kier molecular flexibility index (Phi) is 4.65. The molecule has 1 heterocycles. The second-order valence-electron chi connectivity index (χ2n) is 3.61. The number of carbonyl (C=O) groups is 1. The fourth-order valence-electron chi connectivity index (χ4n) is 1.28. The average molecular weight is 224 g/mol. The van der Waals surface area contributed by atoms with E-state index in [1.807, 2.05) is 11.6 Å². The van der Waals surface area contributed by atoms with Gasteiger partial charge in [-0.05, 0) is 6.92 Å². The number of nitrogens with zero attached hydrogens (tertiary/aromatic N) is 3. The number of aliphatic carboxylic acids is 1. The predicted octanol–water partition coefficient (Wildman–Crippen LogP) is -0.0219. The van der Waals surface area contributed by atoms with Crippen molar-refractivity contribution in [3.8, 4) is 0 Å². The summed E-state index contributed by atoms with van der Waals surface area (Å²) in [5, 5.41) is 19.4. The minimum Gasteiger partial charge on any atom is -0.478 e. The topological polar surface area (TPSA) is 80.0 Å². The lowest BCUT2D eigenvalue weighted by Crippen LogP contribution is -2.20. The molecule has 0 aliphatic heterocycles. The Morgan fingerprint density at radius 3 is 3.00 bits per heavy atom. The standard InChI is InChI=1S/C10H16N4O2/c1-8(5-10(15)16)6-11-4-3-9-13-12-7-14(9)2/h5,7,11H,3-4,6H2,1-2H3,(H,15,16). The summed E-state index contributed by atoms with van der Waals surface area (Å²) in [6.45, 7) is 3.10. The summed E-state index contributed by atoms with van der Waals surface area (Å²) in [6.07, 6.45) is 3.64. The third-order valence-electron chi connectivity index (χ3n) is 2.10. The number of rotatable bonds is 6. The van der Waals surface area contributed by atoms with Crippen LogP contribution in [0.15, 0.2) is 18.0 Å². The first-order valence-corrected chi connectivity index (χ1v) is 5.03. The van der Waals surface area contributed by atoms with E-state index < -0.39 is 5.97 Å². The van der Waals surface area contributed by atoms with Crippen LogP contribution in [0, 0.1) is 0 Å². The van der Waals surface area contributed by atoms with Gasteiger partial charge < -0.3 is 15.0 Å². The molecule has 2 N–H and O–H groups in total. The summed E-state index contributed by atoms with van der Waals surface area (Å²) in [4.78, 5) is 10.3. The van der Waals surface area contributed by atoms with Crippen molar-refractivity contribution in [1.82, 2.24) is 20.1 Å². The van der Waals surface area contributed by atoms with Crippen LogP contribution in [-0.4, -0.2) is 38.9 Å². The first-order valence-electron chi connectivity index (χ1n) is 5.03.